The van der Waals surface area contributed by atoms with Crippen LogP contribution in [0.4, 0.5) is 0 Å². The Bertz CT molecular complexity index is 2880. The van der Waals surface area contributed by atoms with Crippen molar-refractivity contribution in [2.45, 2.75) is 118 Å². The molecule has 10 N–H and O–H groups in total. The first-order valence-corrected chi connectivity index (χ1v) is 30.5. The fraction of sp³-hybridized carbons (Fsp3) is 0.567. The number of carboxylic acid groups (broad SMARTS) is 3. The molecule has 6 rings (SSSR count). The summed E-state index contributed by atoms with van der Waals surface area (Å²) >= 11 is 3.16. The van der Waals surface area contributed by atoms with Crippen LogP contribution in [0.2, 0.25) is 0 Å². The van der Waals surface area contributed by atoms with E-state index in [1.807, 2.05) is 88.7 Å². The van der Waals surface area contributed by atoms with Gasteiger partial charge in [0.2, 0.25) is 29.5 Å². The van der Waals surface area contributed by atoms with Gasteiger partial charge in [0.15, 0.2) is 0 Å². The van der Waals surface area contributed by atoms with Crippen molar-refractivity contribution in [3.05, 3.63) is 82.1 Å². The fourth-order valence-electron chi connectivity index (χ4n) is 8.82. The Balaban J connectivity index is 0.000000396. The summed E-state index contributed by atoms with van der Waals surface area (Å²) in [6.45, 7) is 15.7. The highest BCUT2D eigenvalue weighted by molar-refractivity contribution is 7.13. The number of benzene rings is 2. The SMILES string of the molecule is Cc1ncsc1-c1ccc(CNC(=O)[C@@H]2C[C@@H](O)CN2C(=O)[C@@H](N)C(C)(C)C)cc1.Cc1ncsc1-c1ccc(CNC(=O)[C@@H]2C[C@@H](O)CN2C(=O)[C@@H](NC(=O)COCCOCCOCC(=O)O)C(C)(C)C)cc1.Cl.O=C(O)COCCOCCOCC(=O)O. The Kier molecular flexibility index (Phi) is 33.6. The van der Waals surface area contributed by atoms with Gasteiger partial charge in [0.1, 0.15) is 44.6 Å². The third-order valence-electron chi connectivity index (χ3n) is 13.6. The molecule has 0 aliphatic carbocycles. The third-order valence-corrected chi connectivity index (χ3v) is 15.6. The number of nitrogens with zero attached hydrogens (tertiary/aromatic N) is 4. The van der Waals surface area contributed by atoms with Crippen LogP contribution in [-0.2, 0) is 79.9 Å². The van der Waals surface area contributed by atoms with Crippen LogP contribution in [0.5, 0.6) is 0 Å². The van der Waals surface area contributed by atoms with Crippen molar-refractivity contribution < 1.29 is 92.3 Å². The summed E-state index contributed by atoms with van der Waals surface area (Å²) in [5, 5.41) is 53.9. The quantitative estimate of drug-likeness (QED) is 0.0327. The first-order valence-electron chi connectivity index (χ1n) is 28.7. The number of aliphatic hydroxyl groups is 2. The molecule has 90 heavy (non-hydrogen) atoms. The van der Waals surface area contributed by atoms with Crippen LogP contribution in [0, 0.1) is 24.7 Å². The molecule has 2 fully saturated rings. The van der Waals surface area contributed by atoms with E-state index in [1.165, 1.54) is 9.80 Å². The number of carbonyl (C=O) groups is 8. The Morgan fingerprint density at radius 1 is 0.556 bits per heavy atom. The number of β-amino-alcohol motifs (C(OH)–C–C–N with tert-alkyl or cyclic N) is 2. The molecule has 2 aliphatic heterocycles. The molecule has 2 aromatic heterocycles. The minimum absolute atomic E-state index is 0. The van der Waals surface area contributed by atoms with Crippen LogP contribution in [0.15, 0.2) is 59.6 Å². The second-order valence-corrected chi connectivity index (χ2v) is 24.7. The van der Waals surface area contributed by atoms with Crippen LogP contribution >= 0.6 is 35.1 Å². The maximum Gasteiger partial charge on any atom is 0.329 e. The molecule has 5 amide bonds. The highest BCUT2D eigenvalue weighted by Gasteiger charge is 2.45. The zero-order valence-electron chi connectivity index (χ0n) is 52.0. The molecule has 6 atom stereocenters. The number of nitrogens with two attached hydrogens (primary N) is 1. The number of aliphatic hydroxyl groups excluding tert-OH is 2. The predicted molar refractivity (Wildman–Crippen MR) is 334 cm³/mol. The van der Waals surface area contributed by atoms with E-state index in [0.717, 1.165) is 43.4 Å². The van der Waals surface area contributed by atoms with E-state index in [2.05, 4.69) is 35.4 Å². The number of amides is 5. The standard InChI is InChI=1S/C30H42N4O9S.C22H30N4O3S.C8H14O7.ClH/c1-19-26(44-18-32-19)21-7-5-20(6-8-21)14-31-28(39)23-13-22(35)15-34(23)29(40)27(30(2,3)4)33-24(36)16-42-11-9-41-10-12-43-17-25(37)38;1-13-18(30-12-25-13)15-7-5-14(6-8-15)10-24-20(28)17-9-16(27)11-26(17)21(29)19(23)22(2,3)4;9-7(10)5-14-3-1-13-2-4-15-6-8(11)12;/h5-8,18,22-23,27,35H,9-17H2,1-4H3,(H,31,39)(H,33,36)(H,37,38);5-8,12,16-17,19,27H,9-11,23H2,1-4H3,(H,24,28);1-6H2,(H,9,10)(H,11,12);1H/t22-,23+,27-;16-,17+,19-;;/m11../s1. The Labute approximate surface area is 537 Å². The Hall–Kier alpha value is -6.61. The normalized spacial score (nSPS) is 16.9. The molecular formula is C60H87ClN8O19S2. The third kappa shape index (κ3) is 27.1. The smallest absolute Gasteiger partial charge is 0.329 e. The molecular weight excluding hydrogens is 1240 g/mol. The number of aliphatic carboxylic acids is 3. The van der Waals surface area contributed by atoms with Gasteiger partial charge in [-0.15, -0.1) is 35.1 Å². The van der Waals surface area contributed by atoms with Crippen molar-refractivity contribution >= 4 is 82.5 Å². The van der Waals surface area contributed by atoms with Crippen LogP contribution in [0.25, 0.3) is 20.9 Å². The van der Waals surface area contributed by atoms with Gasteiger partial charge in [-0.05, 0) is 46.9 Å². The second-order valence-electron chi connectivity index (χ2n) is 23.0. The van der Waals surface area contributed by atoms with Crippen molar-refractivity contribution in [2.24, 2.45) is 16.6 Å². The van der Waals surface area contributed by atoms with Gasteiger partial charge in [-0.1, -0.05) is 90.1 Å². The Morgan fingerprint density at radius 3 is 1.22 bits per heavy atom. The van der Waals surface area contributed by atoms with Crippen LogP contribution in [0.1, 0.15) is 76.9 Å². The number of rotatable bonds is 31. The van der Waals surface area contributed by atoms with Crippen molar-refractivity contribution in [1.29, 1.82) is 0 Å². The van der Waals surface area contributed by atoms with Gasteiger partial charge in [0.25, 0.3) is 0 Å². The minimum atomic E-state index is -1.06. The lowest BCUT2D eigenvalue weighted by Crippen LogP contribution is -2.58. The molecule has 0 saturated carbocycles. The number of hydrogen-bond donors (Lipinski definition) is 9. The van der Waals surface area contributed by atoms with E-state index in [1.54, 1.807) is 49.0 Å². The summed E-state index contributed by atoms with van der Waals surface area (Å²) < 4.78 is 29.8. The molecule has 2 saturated heterocycles. The van der Waals surface area contributed by atoms with Crippen molar-refractivity contribution in [3.8, 4) is 20.9 Å². The molecule has 0 unspecified atom stereocenters. The molecule has 0 radical (unpaired) electrons. The lowest BCUT2D eigenvalue weighted by molar-refractivity contribution is -0.144. The average molecular weight is 1320 g/mol. The van der Waals surface area contributed by atoms with Crippen LogP contribution in [-0.4, -0.2) is 221 Å². The van der Waals surface area contributed by atoms with Gasteiger partial charge < -0.3 is 85.4 Å². The Morgan fingerprint density at radius 2 is 0.900 bits per heavy atom. The monoisotopic (exact) mass is 1320 g/mol. The number of thiazole rings is 2. The predicted octanol–water partition coefficient (Wildman–Crippen LogP) is 3.06. The van der Waals surface area contributed by atoms with Crippen molar-refractivity contribution in [2.75, 3.05) is 92.4 Å². The summed E-state index contributed by atoms with van der Waals surface area (Å²) in [6.07, 6.45) is -1.28. The molecule has 30 heteroatoms. The van der Waals surface area contributed by atoms with Gasteiger partial charge in [0.05, 0.1) is 103 Å². The van der Waals surface area contributed by atoms with Crippen LogP contribution in [0.3, 0.4) is 0 Å². The van der Waals surface area contributed by atoms with Crippen molar-refractivity contribution in [3.63, 3.8) is 0 Å². The molecule has 2 aliphatic rings. The number of carboxylic acids is 3. The lowest BCUT2D eigenvalue weighted by atomic mass is 9.85. The highest BCUT2D eigenvalue weighted by atomic mass is 35.5. The van der Waals surface area contributed by atoms with Crippen molar-refractivity contribution in [1.82, 2.24) is 35.7 Å². The second kappa shape index (κ2) is 38.9. The largest absolute Gasteiger partial charge is 0.480 e. The van der Waals surface area contributed by atoms with Gasteiger partial charge >= 0.3 is 17.9 Å². The molecule has 4 heterocycles. The molecule has 27 nitrogen and oxygen atoms in total. The average Bonchev–Trinajstić information content (AvgIpc) is 1.65. The number of ether oxygens (including phenoxy) is 6. The van der Waals surface area contributed by atoms with E-state index in [9.17, 15) is 48.6 Å². The van der Waals surface area contributed by atoms with E-state index in [4.69, 9.17) is 40.0 Å². The molecule has 0 bridgehead atoms. The van der Waals surface area contributed by atoms with Gasteiger partial charge in [-0.25, -0.2) is 24.4 Å². The lowest BCUT2D eigenvalue weighted by Gasteiger charge is -2.35. The maximum atomic E-state index is 13.7. The van der Waals surface area contributed by atoms with Crippen LogP contribution < -0.4 is 21.7 Å². The first kappa shape index (κ1) is 77.6. The zero-order chi connectivity index (χ0) is 65.8. The van der Waals surface area contributed by atoms with E-state index in [0.29, 0.717) is 6.54 Å². The summed E-state index contributed by atoms with van der Waals surface area (Å²) in [6, 6.07) is 12.5. The first-order chi connectivity index (χ1) is 42.1. The topological polar surface area (TPSA) is 387 Å². The molecule has 0 spiro atoms. The summed E-state index contributed by atoms with van der Waals surface area (Å²) in [4.78, 5) is 109. The number of carbonyl (C=O) groups excluding carboxylic acids is 5. The highest BCUT2D eigenvalue weighted by Crippen LogP contribution is 2.30. The van der Waals surface area contributed by atoms with Gasteiger partial charge in [0, 0.05) is 39.0 Å². The number of aromatic nitrogens is 2. The van der Waals surface area contributed by atoms with E-state index >= 15 is 0 Å². The molecule has 4 aromatic rings. The van der Waals surface area contributed by atoms with Gasteiger partial charge in [-0.3, -0.25) is 24.0 Å². The fourth-order valence-corrected chi connectivity index (χ4v) is 10.4. The number of halogens is 1. The molecule has 2 aromatic carbocycles. The van der Waals surface area contributed by atoms with Gasteiger partial charge in [-0.2, -0.15) is 0 Å². The maximum absolute atomic E-state index is 13.7. The minimum Gasteiger partial charge on any atom is -0.480 e. The summed E-state index contributed by atoms with van der Waals surface area (Å²) in [7, 11) is 0. The summed E-state index contributed by atoms with van der Waals surface area (Å²) in [5.41, 5.74) is 14.6. The van der Waals surface area contributed by atoms with E-state index < -0.39 is 83.5 Å². The number of nitrogens with one attached hydrogen (secondary N) is 3. The zero-order valence-corrected chi connectivity index (χ0v) is 54.5. The number of hydrogen-bond acceptors (Lipinski definition) is 21. The number of aryl methyl sites for hydroxylation is 2. The summed E-state index contributed by atoms with van der Waals surface area (Å²) in [5.74, 6) is -5.05. The number of likely N-dealkylation sites (tertiary alicyclic amines) is 2. The molecule has 500 valence electrons. The van der Waals surface area contributed by atoms with E-state index in [-0.39, 0.29) is 135 Å².